The summed E-state index contributed by atoms with van der Waals surface area (Å²) >= 11 is 0. The van der Waals surface area contributed by atoms with Gasteiger partial charge in [0.05, 0.1) is 5.69 Å². The summed E-state index contributed by atoms with van der Waals surface area (Å²) in [6.07, 6.45) is 0. The number of aryl methyl sites for hydroxylation is 1. The van der Waals surface area contributed by atoms with Gasteiger partial charge in [-0.1, -0.05) is 158 Å². The van der Waals surface area contributed by atoms with Crippen molar-refractivity contribution in [3.8, 4) is 33.4 Å². The number of furan rings is 1. The summed E-state index contributed by atoms with van der Waals surface area (Å²) in [6.45, 7) is 2.13. The van der Waals surface area contributed by atoms with Crippen LogP contribution in [0.4, 0.5) is 17.1 Å². The van der Waals surface area contributed by atoms with E-state index in [-0.39, 0.29) is 0 Å². The van der Waals surface area contributed by atoms with Crippen molar-refractivity contribution in [3.05, 3.63) is 212 Å². The zero-order valence-corrected chi connectivity index (χ0v) is 31.5. The van der Waals surface area contributed by atoms with Crippen LogP contribution >= 0.6 is 0 Å². The largest absolute Gasteiger partial charge is 0.454 e. The minimum Gasteiger partial charge on any atom is -0.454 e. The molecule has 1 aromatic heterocycles. The van der Waals surface area contributed by atoms with Crippen molar-refractivity contribution in [2.24, 2.45) is 0 Å². The molecule has 0 aliphatic carbocycles. The molecule has 0 amide bonds. The van der Waals surface area contributed by atoms with Crippen LogP contribution in [0.3, 0.4) is 0 Å². The van der Waals surface area contributed by atoms with Crippen LogP contribution < -0.4 is 4.90 Å². The Kier molecular flexibility index (Phi) is 7.75. The topological polar surface area (TPSA) is 16.4 Å². The first kappa shape index (κ1) is 33.0. The summed E-state index contributed by atoms with van der Waals surface area (Å²) in [6, 6.07) is 74.6. The average molecular weight is 728 g/mol. The van der Waals surface area contributed by atoms with E-state index in [1.807, 2.05) is 0 Å². The minimum absolute atomic E-state index is 0.881. The Balaban J connectivity index is 1.02. The lowest BCUT2D eigenvalue weighted by molar-refractivity contribution is 0.666. The maximum Gasteiger partial charge on any atom is 0.160 e. The van der Waals surface area contributed by atoms with Gasteiger partial charge in [0.1, 0.15) is 5.58 Å². The second-order valence-corrected chi connectivity index (χ2v) is 15.0. The summed E-state index contributed by atoms with van der Waals surface area (Å²) in [4.78, 5) is 2.35. The van der Waals surface area contributed by atoms with Gasteiger partial charge in [-0.3, -0.25) is 0 Å². The highest BCUT2D eigenvalue weighted by atomic mass is 16.3. The Hall–Kier alpha value is -7.42. The molecule has 0 aliphatic heterocycles. The second kappa shape index (κ2) is 13.4. The van der Waals surface area contributed by atoms with Gasteiger partial charge in [0.15, 0.2) is 5.58 Å². The monoisotopic (exact) mass is 727 g/mol. The van der Waals surface area contributed by atoms with E-state index >= 15 is 0 Å². The SMILES string of the molecule is Cc1cccc2c1oc1c(N(c3ccc(-c4ccccc4)cc3)c3ccc(-c4ccc5cc(-c6ccc7ccccc7c6)ccc5c4)cc3)cc3ccccc3c12. The molecule has 268 valence electrons. The van der Waals surface area contributed by atoms with Crippen LogP contribution in [-0.2, 0) is 0 Å². The van der Waals surface area contributed by atoms with E-state index in [4.69, 9.17) is 4.42 Å². The van der Waals surface area contributed by atoms with Crippen molar-refractivity contribution < 1.29 is 4.42 Å². The first-order valence-electron chi connectivity index (χ1n) is 19.6. The van der Waals surface area contributed by atoms with Gasteiger partial charge in [-0.25, -0.2) is 0 Å². The van der Waals surface area contributed by atoms with Gasteiger partial charge in [-0.05, 0) is 127 Å². The van der Waals surface area contributed by atoms with E-state index < -0.39 is 0 Å². The lowest BCUT2D eigenvalue weighted by Crippen LogP contribution is -2.10. The molecule has 11 rings (SSSR count). The van der Waals surface area contributed by atoms with E-state index in [0.29, 0.717) is 0 Å². The van der Waals surface area contributed by atoms with Crippen LogP contribution in [0, 0.1) is 6.92 Å². The predicted octanol–water partition coefficient (Wildman–Crippen LogP) is 15.8. The Labute approximate surface area is 331 Å². The van der Waals surface area contributed by atoms with Crippen LogP contribution in [0.2, 0.25) is 0 Å². The number of para-hydroxylation sites is 1. The molecule has 57 heavy (non-hydrogen) atoms. The standard InChI is InChI=1S/C55H37NO/c1-36-10-9-17-51-53-50-16-8-7-15-47(50)35-52(55(53)57-54(36)51)56(48-28-24-39(25-29-48)37-11-3-2-4-12-37)49-30-26-40(27-31-49)42-20-21-45-34-46(23-22-44(45)33-42)43-19-18-38-13-5-6-14-41(38)32-43/h2-35H,1H3. The molecule has 11 aromatic rings. The van der Waals surface area contributed by atoms with E-state index in [1.165, 1.54) is 65.7 Å². The van der Waals surface area contributed by atoms with Crippen LogP contribution in [0.25, 0.3) is 87.6 Å². The molecule has 0 atom stereocenters. The van der Waals surface area contributed by atoms with Gasteiger partial charge < -0.3 is 9.32 Å². The maximum absolute atomic E-state index is 6.89. The van der Waals surface area contributed by atoms with E-state index in [9.17, 15) is 0 Å². The quantitative estimate of drug-likeness (QED) is 0.170. The Morgan fingerprint density at radius 1 is 0.333 bits per heavy atom. The van der Waals surface area contributed by atoms with Gasteiger partial charge in [0.25, 0.3) is 0 Å². The number of hydrogen-bond acceptors (Lipinski definition) is 2. The number of rotatable bonds is 6. The maximum atomic E-state index is 6.89. The van der Waals surface area contributed by atoms with Crippen molar-refractivity contribution in [1.82, 2.24) is 0 Å². The Bertz CT molecular complexity index is 3280. The first-order chi connectivity index (χ1) is 28.1. The Morgan fingerprint density at radius 3 is 1.47 bits per heavy atom. The molecule has 0 aliphatic rings. The van der Waals surface area contributed by atoms with Crippen molar-refractivity contribution in [2.45, 2.75) is 6.92 Å². The predicted molar refractivity (Wildman–Crippen MR) is 242 cm³/mol. The molecule has 0 fully saturated rings. The summed E-state index contributed by atoms with van der Waals surface area (Å²) in [5.74, 6) is 0. The van der Waals surface area contributed by atoms with Gasteiger partial charge in [0, 0.05) is 22.1 Å². The fraction of sp³-hybridized carbons (Fsp3) is 0.0182. The van der Waals surface area contributed by atoms with Crippen molar-refractivity contribution >= 4 is 71.3 Å². The Morgan fingerprint density at radius 2 is 0.807 bits per heavy atom. The lowest BCUT2D eigenvalue weighted by atomic mass is 9.96. The van der Waals surface area contributed by atoms with Crippen LogP contribution in [0.1, 0.15) is 5.56 Å². The first-order valence-corrected chi connectivity index (χ1v) is 19.6. The van der Waals surface area contributed by atoms with E-state index in [0.717, 1.165) is 44.6 Å². The van der Waals surface area contributed by atoms with Gasteiger partial charge in [0.2, 0.25) is 0 Å². The average Bonchev–Trinajstić information content (AvgIpc) is 3.68. The fourth-order valence-corrected chi connectivity index (χ4v) is 8.57. The van der Waals surface area contributed by atoms with E-state index in [2.05, 4.69) is 218 Å². The van der Waals surface area contributed by atoms with Crippen molar-refractivity contribution in [2.75, 3.05) is 4.90 Å². The fourth-order valence-electron chi connectivity index (χ4n) is 8.57. The van der Waals surface area contributed by atoms with Crippen molar-refractivity contribution in [3.63, 3.8) is 0 Å². The normalized spacial score (nSPS) is 11.6. The molecule has 1 heterocycles. The van der Waals surface area contributed by atoms with Crippen molar-refractivity contribution in [1.29, 1.82) is 0 Å². The van der Waals surface area contributed by atoms with E-state index in [1.54, 1.807) is 0 Å². The molecule has 2 heteroatoms. The zero-order valence-electron chi connectivity index (χ0n) is 31.5. The number of nitrogens with zero attached hydrogens (tertiary/aromatic N) is 1. The van der Waals surface area contributed by atoms with Crippen LogP contribution in [0.5, 0.6) is 0 Å². The summed E-state index contributed by atoms with van der Waals surface area (Å²) in [5.41, 5.74) is 13.3. The molecular formula is C55H37NO. The third-order valence-corrected chi connectivity index (χ3v) is 11.5. The molecule has 0 bridgehead atoms. The summed E-state index contributed by atoms with van der Waals surface area (Å²) in [7, 11) is 0. The summed E-state index contributed by atoms with van der Waals surface area (Å²) < 4.78 is 6.89. The number of anilines is 3. The minimum atomic E-state index is 0.881. The molecule has 0 radical (unpaired) electrons. The number of benzene rings is 10. The highest BCUT2D eigenvalue weighted by Gasteiger charge is 2.22. The second-order valence-electron chi connectivity index (χ2n) is 15.0. The van der Waals surface area contributed by atoms with Crippen LogP contribution in [-0.4, -0.2) is 0 Å². The highest BCUT2D eigenvalue weighted by molar-refractivity contribution is 6.23. The number of fused-ring (bicyclic) bond motifs is 7. The molecule has 0 N–H and O–H groups in total. The third-order valence-electron chi connectivity index (χ3n) is 11.5. The lowest BCUT2D eigenvalue weighted by Gasteiger charge is -2.26. The molecule has 0 saturated carbocycles. The third kappa shape index (κ3) is 5.73. The van der Waals surface area contributed by atoms with Crippen LogP contribution in [0.15, 0.2) is 211 Å². The number of hydrogen-bond donors (Lipinski definition) is 0. The van der Waals surface area contributed by atoms with Gasteiger partial charge in [-0.15, -0.1) is 0 Å². The summed E-state index contributed by atoms with van der Waals surface area (Å²) in [5, 5.41) is 9.62. The smallest absolute Gasteiger partial charge is 0.160 e. The molecule has 2 nitrogen and oxygen atoms in total. The molecule has 0 spiro atoms. The van der Waals surface area contributed by atoms with Gasteiger partial charge >= 0.3 is 0 Å². The molecule has 0 unspecified atom stereocenters. The molecule has 10 aromatic carbocycles. The van der Waals surface area contributed by atoms with Gasteiger partial charge in [-0.2, -0.15) is 0 Å². The zero-order chi connectivity index (χ0) is 37.9. The highest BCUT2D eigenvalue weighted by Crippen LogP contribution is 2.46. The molecular weight excluding hydrogens is 691 g/mol. The molecule has 0 saturated heterocycles.